The van der Waals surface area contributed by atoms with E-state index >= 15 is 0 Å². The fourth-order valence-electron chi connectivity index (χ4n) is 1.64. The number of carboxylic acid groups (broad SMARTS) is 1. The lowest BCUT2D eigenvalue weighted by Crippen LogP contribution is -2.55. The zero-order valence-electron chi connectivity index (χ0n) is 14.4. The number of carbonyl (C=O) groups excluding carboxylic acids is 4. The Morgan fingerprint density at radius 3 is 1.84 bits per heavy atom. The van der Waals surface area contributed by atoms with Gasteiger partial charge in [-0.25, -0.2) is 0 Å². The van der Waals surface area contributed by atoms with Crippen LogP contribution in [0.3, 0.4) is 0 Å². The van der Waals surface area contributed by atoms with Gasteiger partial charge in [0.2, 0.25) is 23.6 Å². The molecule has 0 aliphatic rings. The van der Waals surface area contributed by atoms with E-state index in [-0.39, 0.29) is 12.8 Å². The molecule has 0 spiro atoms. The van der Waals surface area contributed by atoms with E-state index in [0.29, 0.717) is 0 Å². The quantitative estimate of drug-likeness (QED) is 0.242. The van der Waals surface area contributed by atoms with Crippen molar-refractivity contribution in [3.8, 4) is 0 Å². The molecule has 11 heteroatoms. The van der Waals surface area contributed by atoms with Crippen LogP contribution in [0.5, 0.6) is 0 Å². The predicted octanol–water partition coefficient (Wildman–Crippen LogP) is -2.82. The lowest BCUT2D eigenvalue weighted by atomic mass is 10.1. The molecule has 0 heterocycles. The van der Waals surface area contributed by atoms with Crippen LogP contribution in [0, 0.1) is 0 Å². The number of carbonyl (C=O) groups is 5. The Hall–Kier alpha value is -2.69. The molecule has 0 aromatic rings. The molecule has 0 aliphatic heterocycles. The van der Waals surface area contributed by atoms with Crippen LogP contribution < -0.4 is 27.4 Å². The molecular weight excluding hydrogens is 334 g/mol. The first-order chi connectivity index (χ1) is 11.5. The average molecular weight is 359 g/mol. The average Bonchev–Trinajstić information content (AvgIpc) is 2.50. The summed E-state index contributed by atoms with van der Waals surface area (Å²) in [5, 5.41) is 15.7. The van der Waals surface area contributed by atoms with Gasteiger partial charge in [0.05, 0.1) is 6.04 Å². The highest BCUT2D eigenvalue weighted by molar-refractivity contribution is 5.94. The van der Waals surface area contributed by atoms with Gasteiger partial charge in [0.15, 0.2) is 0 Å². The summed E-state index contributed by atoms with van der Waals surface area (Å²) in [6.07, 6.45) is -0.312. The summed E-state index contributed by atoms with van der Waals surface area (Å²) in [6, 6.07) is -4.17. The summed E-state index contributed by atoms with van der Waals surface area (Å²) < 4.78 is 0. The van der Waals surface area contributed by atoms with Gasteiger partial charge >= 0.3 is 5.97 Å². The zero-order valence-corrected chi connectivity index (χ0v) is 14.4. The number of amides is 4. The molecule has 0 saturated carbocycles. The van der Waals surface area contributed by atoms with Crippen molar-refractivity contribution in [2.24, 2.45) is 11.5 Å². The van der Waals surface area contributed by atoms with Gasteiger partial charge in [-0.2, -0.15) is 0 Å². The zero-order chi connectivity index (χ0) is 19.7. The lowest BCUT2D eigenvalue weighted by Gasteiger charge is -2.22. The van der Waals surface area contributed by atoms with Crippen molar-refractivity contribution < 1.29 is 29.1 Å². The molecule has 0 fully saturated rings. The fourth-order valence-corrected chi connectivity index (χ4v) is 1.64. The first-order valence-electron chi connectivity index (χ1n) is 7.63. The van der Waals surface area contributed by atoms with Gasteiger partial charge in [-0.15, -0.1) is 0 Å². The normalized spacial score (nSPS) is 15.2. The number of nitrogens with two attached hydrogens (primary N) is 2. The largest absolute Gasteiger partial charge is 0.480 e. The van der Waals surface area contributed by atoms with Crippen LogP contribution >= 0.6 is 0 Å². The first kappa shape index (κ1) is 22.3. The highest BCUT2D eigenvalue weighted by atomic mass is 16.4. The second kappa shape index (κ2) is 10.2. The molecule has 0 aromatic carbocycles. The highest BCUT2D eigenvalue weighted by Crippen LogP contribution is 2.00. The van der Waals surface area contributed by atoms with E-state index in [0.717, 1.165) is 0 Å². The molecule has 11 nitrogen and oxygen atoms in total. The summed E-state index contributed by atoms with van der Waals surface area (Å²) >= 11 is 0. The van der Waals surface area contributed by atoms with Crippen LogP contribution in [0.4, 0.5) is 0 Å². The van der Waals surface area contributed by atoms with Crippen LogP contribution in [-0.4, -0.2) is 58.9 Å². The Morgan fingerprint density at radius 2 is 1.40 bits per heavy atom. The van der Waals surface area contributed by atoms with Gasteiger partial charge in [0.1, 0.15) is 18.1 Å². The molecule has 4 amide bonds. The third-order valence-corrected chi connectivity index (χ3v) is 3.21. The molecule has 0 unspecified atom stereocenters. The highest BCUT2D eigenvalue weighted by Gasteiger charge is 2.27. The minimum Gasteiger partial charge on any atom is -0.480 e. The molecule has 0 rings (SSSR count). The number of rotatable bonds is 10. The predicted molar refractivity (Wildman–Crippen MR) is 86.9 cm³/mol. The Labute approximate surface area is 144 Å². The molecule has 0 radical (unpaired) electrons. The number of carboxylic acids is 1. The second-order valence-corrected chi connectivity index (χ2v) is 5.65. The standard InChI is InChI=1S/C14H25N5O6/c1-6(15)11(21)17-7(2)12(22)19-9(4-5-10(16)20)13(23)18-8(3)14(24)25/h6-9H,4-5,15H2,1-3H3,(H2,16,20)(H,17,21)(H,18,23)(H,19,22)(H,24,25)/t6-,7-,8-,9-/m0/s1. The fraction of sp³-hybridized carbons (Fsp3) is 0.643. The van der Waals surface area contributed by atoms with E-state index in [4.69, 9.17) is 16.6 Å². The topological polar surface area (TPSA) is 194 Å². The molecule has 0 bridgehead atoms. The van der Waals surface area contributed by atoms with Gasteiger partial charge < -0.3 is 32.5 Å². The number of nitrogens with one attached hydrogen (secondary N) is 3. The SMILES string of the molecule is C[C@H](N)C(=O)N[C@@H](C)C(=O)N[C@@H](CCC(N)=O)C(=O)N[C@@H](C)C(=O)O. The van der Waals surface area contributed by atoms with Crippen LogP contribution in [-0.2, 0) is 24.0 Å². The molecule has 4 atom stereocenters. The number of aliphatic carboxylic acids is 1. The van der Waals surface area contributed by atoms with Crippen molar-refractivity contribution in [2.45, 2.75) is 57.8 Å². The van der Waals surface area contributed by atoms with Crippen LogP contribution in [0.25, 0.3) is 0 Å². The van der Waals surface area contributed by atoms with E-state index in [9.17, 15) is 24.0 Å². The van der Waals surface area contributed by atoms with E-state index < -0.39 is 53.8 Å². The van der Waals surface area contributed by atoms with Crippen LogP contribution in [0.15, 0.2) is 0 Å². The maximum atomic E-state index is 12.1. The summed E-state index contributed by atoms with van der Waals surface area (Å²) in [6.45, 7) is 4.08. The minimum absolute atomic E-state index is 0.118. The smallest absolute Gasteiger partial charge is 0.325 e. The third kappa shape index (κ3) is 8.65. The molecular formula is C14H25N5O6. The molecule has 0 aromatic heterocycles. The summed E-state index contributed by atoms with van der Waals surface area (Å²) in [5.74, 6) is -3.97. The van der Waals surface area contributed by atoms with Gasteiger partial charge in [-0.1, -0.05) is 0 Å². The van der Waals surface area contributed by atoms with Gasteiger partial charge in [-0.3, -0.25) is 24.0 Å². The lowest BCUT2D eigenvalue weighted by molar-refractivity contribution is -0.142. The molecule has 142 valence electrons. The van der Waals surface area contributed by atoms with Gasteiger partial charge in [0, 0.05) is 6.42 Å². The maximum absolute atomic E-state index is 12.1. The summed E-state index contributed by atoms with van der Waals surface area (Å²) in [4.78, 5) is 57.4. The molecule has 25 heavy (non-hydrogen) atoms. The van der Waals surface area contributed by atoms with Crippen molar-refractivity contribution in [1.29, 1.82) is 0 Å². The summed E-state index contributed by atoms with van der Waals surface area (Å²) in [5.41, 5.74) is 10.4. The third-order valence-electron chi connectivity index (χ3n) is 3.21. The monoisotopic (exact) mass is 359 g/mol. The van der Waals surface area contributed by atoms with Crippen molar-refractivity contribution in [3.63, 3.8) is 0 Å². The van der Waals surface area contributed by atoms with Crippen molar-refractivity contribution >= 4 is 29.6 Å². The Balaban J connectivity index is 4.94. The number of hydrogen-bond donors (Lipinski definition) is 6. The van der Waals surface area contributed by atoms with Gasteiger partial charge in [0.25, 0.3) is 0 Å². The molecule has 0 aliphatic carbocycles. The van der Waals surface area contributed by atoms with E-state index in [2.05, 4.69) is 16.0 Å². The number of primary amides is 1. The van der Waals surface area contributed by atoms with E-state index in [1.54, 1.807) is 0 Å². The van der Waals surface area contributed by atoms with Crippen LogP contribution in [0.1, 0.15) is 33.6 Å². The second-order valence-electron chi connectivity index (χ2n) is 5.65. The van der Waals surface area contributed by atoms with Gasteiger partial charge in [-0.05, 0) is 27.2 Å². The van der Waals surface area contributed by atoms with Crippen molar-refractivity contribution in [2.75, 3.05) is 0 Å². The Kier molecular flexibility index (Phi) is 9.13. The Bertz CT molecular complexity index is 536. The van der Waals surface area contributed by atoms with E-state index in [1.807, 2.05) is 0 Å². The first-order valence-corrected chi connectivity index (χ1v) is 7.63. The van der Waals surface area contributed by atoms with Crippen molar-refractivity contribution in [1.82, 2.24) is 16.0 Å². The maximum Gasteiger partial charge on any atom is 0.325 e. The van der Waals surface area contributed by atoms with Crippen LogP contribution in [0.2, 0.25) is 0 Å². The number of hydrogen-bond acceptors (Lipinski definition) is 6. The van der Waals surface area contributed by atoms with E-state index in [1.165, 1.54) is 20.8 Å². The molecule has 8 N–H and O–H groups in total. The Morgan fingerprint density at radius 1 is 0.880 bits per heavy atom. The van der Waals surface area contributed by atoms with Crippen molar-refractivity contribution in [3.05, 3.63) is 0 Å². The summed E-state index contributed by atoms with van der Waals surface area (Å²) in [7, 11) is 0. The minimum atomic E-state index is -1.26. The molecule has 0 saturated heterocycles.